The molecule has 0 bridgehead atoms. The van der Waals surface area contributed by atoms with Crippen LogP contribution in [0, 0.1) is 0 Å². The lowest BCUT2D eigenvalue weighted by molar-refractivity contribution is -0.121. The van der Waals surface area contributed by atoms with Crippen LogP contribution in [0.1, 0.15) is 18.9 Å². The third-order valence-corrected chi connectivity index (χ3v) is 3.19. The van der Waals surface area contributed by atoms with Crippen molar-refractivity contribution in [3.63, 3.8) is 0 Å². The Kier molecular flexibility index (Phi) is 3.97. The minimum atomic E-state index is -0.225. The van der Waals surface area contributed by atoms with Crippen LogP contribution >= 0.6 is 0 Å². The van der Waals surface area contributed by atoms with Crippen LogP contribution in [-0.4, -0.2) is 10.5 Å². The largest absolute Gasteiger partial charge is 0.347 e. The summed E-state index contributed by atoms with van der Waals surface area (Å²) in [5.74, 6) is 4.83. The van der Waals surface area contributed by atoms with Crippen molar-refractivity contribution in [3.8, 4) is 0 Å². The molecule has 0 aliphatic rings. The molecule has 0 radical (unpaired) electrons. The number of aryl methyl sites for hydroxylation is 2. The normalized spacial score (nSPS) is 10.6. The number of hydrazine groups is 1. The Balaban J connectivity index is 2.43. The average Bonchev–Trinajstić information content (AvgIpc) is 2.46. The number of pyridine rings is 1. The first-order valence-corrected chi connectivity index (χ1v) is 6.27. The molecule has 0 aliphatic carbocycles. The third kappa shape index (κ3) is 2.82. The topological polar surface area (TPSA) is 77.1 Å². The first-order chi connectivity index (χ1) is 9.15. The van der Waals surface area contributed by atoms with Gasteiger partial charge in [0.2, 0.25) is 5.91 Å². The Labute approximate surface area is 111 Å². The van der Waals surface area contributed by atoms with Crippen LogP contribution in [0.5, 0.6) is 0 Å². The van der Waals surface area contributed by atoms with Gasteiger partial charge in [-0.25, -0.2) is 5.84 Å². The van der Waals surface area contributed by atoms with Crippen molar-refractivity contribution < 1.29 is 4.79 Å². The Morgan fingerprint density at radius 2 is 2.16 bits per heavy atom. The van der Waals surface area contributed by atoms with Crippen LogP contribution in [0.3, 0.4) is 0 Å². The zero-order valence-electron chi connectivity index (χ0n) is 10.8. The molecule has 1 aromatic carbocycles. The second kappa shape index (κ2) is 5.67. The van der Waals surface area contributed by atoms with Gasteiger partial charge in [0.15, 0.2) is 5.43 Å². The number of nitrogens with two attached hydrogens (primary N) is 1. The van der Waals surface area contributed by atoms with Gasteiger partial charge in [-0.1, -0.05) is 13.0 Å². The third-order valence-electron chi connectivity index (χ3n) is 3.19. The van der Waals surface area contributed by atoms with Gasteiger partial charge in [0, 0.05) is 30.6 Å². The van der Waals surface area contributed by atoms with E-state index in [4.69, 9.17) is 5.84 Å². The Morgan fingerprint density at radius 1 is 1.37 bits per heavy atom. The molecule has 1 amide bonds. The van der Waals surface area contributed by atoms with Crippen LogP contribution in [0.2, 0.25) is 0 Å². The van der Waals surface area contributed by atoms with E-state index in [1.807, 2.05) is 29.7 Å². The predicted molar refractivity (Wildman–Crippen MR) is 74.5 cm³/mol. The molecule has 3 N–H and O–H groups in total. The highest BCUT2D eigenvalue weighted by molar-refractivity contribution is 5.80. The quantitative estimate of drug-likeness (QED) is 0.487. The summed E-state index contributed by atoms with van der Waals surface area (Å²) in [5.41, 5.74) is 4.07. The summed E-state index contributed by atoms with van der Waals surface area (Å²) in [6, 6.07) is 7.37. The number of nitrogens with zero attached hydrogens (tertiary/aromatic N) is 1. The van der Waals surface area contributed by atoms with Crippen LogP contribution in [0.15, 0.2) is 35.3 Å². The summed E-state index contributed by atoms with van der Waals surface area (Å²) >= 11 is 0. The number of hydrogen-bond acceptors (Lipinski definition) is 3. The molecule has 0 saturated carbocycles. The van der Waals surface area contributed by atoms with Crippen molar-refractivity contribution in [2.45, 2.75) is 26.3 Å². The fraction of sp³-hybridized carbons (Fsp3) is 0.286. The van der Waals surface area contributed by atoms with Crippen LogP contribution in [0.4, 0.5) is 0 Å². The zero-order valence-corrected chi connectivity index (χ0v) is 10.8. The van der Waals surface area contributed by atoms with Crippen LogP contribution in [-0.2, 0) is 17.8 Å². The lowest BCUT2D eigenvalue weighted by Gasteiger charge is -2.10. The lowest BCUT2D eigenvalue weighted by atomic mass is 10.1. The standard InChI is InChI=1S/C14H17N3O2/c1-2-10-3-4-12-11(9-10)13(18)5-7-17(12)8-6-14(19)16-15/h3-5,7,9H,2,6,8,15H2,1H3,(H,16,19). The molecule has 100 valence electrons. The summed E-state index contributed by atoms with van der Waals surface area (Å²) in [6.45, 7) is 2.54. The van der Waals surface area contributed by atoms with Gasteiger partial charge in [-0.15, -0.1) is 0 Å². The fourth-order valence-corrected chi connectivity index (χ4v) is 2.07. The van der Waals surface area contributed by atoms with Crippen molar-refractivity contribution >= 4 is 16.8 Å². The number of benzene rings is 1. The van der Waals surface area contributed by atoms with E-state index in [2.05, 4.69) is 5.43 Å². The van der Waals surface area contributed by atoms with Crippen molar-refractivity contribution in [1.82, 2.24) is 9.99 Å². The Morgan fingerprint density at radius 3 is 2.84 bits per heavy atom. The molecule has 2 rings (SSSR count). The van der Waals surface area contributed by atoms with E-state index in [-0.39, 0.29) is 17.8 Å². The van der Waals surface area contributed by atoms with Crippen LogP contribution in [0.25, 0.3) is 10.9 Å². The molecule has 1 aromatic heterocycles. The smallest absolute Gasteiger partial charge is 0.235 e. The second-order valence-corrected chi connectivity index (χ2v) is 4.40. The van der Waals surface area contributed by atoms with E-state index in [0.717, 1.165) is 17.5 Å². The molecule has 5 nitrogen and oxygen atoms in total. The van der Waals surface area contributed by atoms with E-state index in [1.54, 1.807) is 6.20 Å². The summed E-state index contributed by atoms with van der Waals surface area (Å²) < 4.78 is 1.89. The van der Waals surface area contributed by atoms with Gasteiger partial charge in [0.25, 0.3) is 0 Å². The molecule has 0 saturated heterocycles. The van der Waals surface area contributed by atoms with E-state index in [9.17, 15) is 9.59 Å². The van der Waals surface area contributed by atoms with Crippen molar-refractivity contribution in [2.24, 2.45) is 5.84 Å². The maximum absolute atomic E-state index is 11.9. The molecular formula is C14H17N3O2. The first-order valence-electron chi connectivity index (χ1n) is 6.27. The fourth-order valence-electron chi connectivity index (χ4n) is 2.07. The first kappa shape index (κ1) is 13.3. The van der Waals surface area contributed by atoms with Gasteiger partial charge in [0.05, 0.1) is 5.52 Å². The van der Waals surface area contributed by atoms with Gasteiger partial charge in [0.1, 0.15) is 0 Å². The zero-order chi connectivity index (χ0) is 13.8. The van der Waals surface area contributed by atoms with E-state index in [1.165, 1.54) is 6.07 Å². The molecule has 0 unspecified atom stereocenters. The number of aromatic nitrogens is 1. The summed E-state index contributed by atoms with van der Waals surface area (Å²) in [7, 11) is 0. The highest BCUT2D eigenvalue weighted by Crippen LogP contribution is 2.13. The van der Waals surface area contributed by atoms with Crippen molar-refractivity contribution in [1.29, 1.82) is 0 Å². The number of rotatable bonds is 4. The number of amides is 1. The Hall–Kier alpha value is -2.14. The maximum atomic E-state index is 11.9. The number of carbonyl (C=O) groups excluding carboxylic acids is 1. The lowest BCUT2D eigenvalue weighted by Crippen LogP contribution is -2.30. The summed E-state index contributed by atoms with van der Waals surface area (Å²) in [6.07, 6.45) is 2.88. The van der Waals surface area contributed by atoms with Crippen molar-refractivity contribution in [2.75, 3.05) is 0 Å². The molecule has 1 heterocycles. The molecule has 0 spiro atoms. The second-order valence-electron chi connectivity index (χ2n) is 4.40. The summed E-state index contributed by atoms with van der Waals surface area (Å²) in [4.78, 5) is 23.1. The molecule has 0 aliphatic heterocycles. The highest BCUT2D eigenvalue weighted by atomic mass is 16.2. The maximum Gasteiger partial charge on any atom is 0.235 e. The molecule has 5 heteroatoms. The average molecular weight is 259 g/mol. The minimum absolute atomic E-state index is 0.00447. The van der Waals surface area contributed by atoms with E-state index >= 15 is 0 Å². The highest BCUT2D eigenvalue weighted by Gasteiger charge is 2.05. The van der Waals surface area contributed by atoms with Gasteiger partial charge in [-0.05, 0) is 24.1 Å². The number of hydrogen-bond donors (Lipinski definition) is 2. The van der Waals surface area contributed by atoms with Gasteiger partial charge >= 0.3 is 0 Å². The number of fused-ring (bicyclic) bond motifs is 1. The summed E-state index contributed by atoms with van der Waals surface area (Å²) in [5, 5.41) is 0.690. The molecular weight excluding hydrogens is 242 g/mol. The van der Waals surface area contributed by atoms with Gasteiger partial charge < -0.3 is 4.57 Å². The molecule has 2 aromatic rings. The van der Waals surface area contributed by atoms with Gasteiger partial charge in [-0.3, -0.25) is 15.0 Å². The van der Waals surface area contributed by atoms with Crippen molar-refractivity contribution in [3.05, 3.63) is 46.2 Å². The number of nitrogens with one attached hydrogen (secondary N) is 1. The minimum Gasteiger partial charge on any atom is -0.347 e. The predicted octanol–water partition coefficient (Wildman–Crippen LogP) is 0.944. The van der Waals surface area contributed by atoms with E-state index in [0.29, 0.717) is 11.9 Å². The molecule has 19 heavy (non-hydrogen) atoms. The molecule has 0 atom stereocenters. The van der Waals surface area contributed by atoms with E-state index < -0.39 is 0 Å². The van der Waals surface area contributed by atoms with Crippen LogP contribution < -0.4 is 16.7 Å². The monoisotopic (exact) mass is 259 g/mol. The Bertz CT molecular complexity index is 661. The SMILES string of the molecule is CCc1ccc2c(c1)c(=O)ccn2CCC(=O)NN. The number of carbonyl (C=O) groups is 1. The van der Waals surface area contributed by atoms with Gasteiger partial charge in [-0.2, -0.15) is 0 Å². The molecule has 0 fully saturated rings.